The smallest absolute Gasteiger partial charge is 0.274 e. The molecule has 1 atom stereocenters. The van der Waals surface area contributed by atoms with Gasteiger partial charge in [-0.05, 0) is 30.5 Å². The minimum atomic E-state index is -3.78. The lowest BCUT2D eigenvalue weighted by Crippen LogP contribution is -2.41. The Morgan fingerprint density at radius 3 is 2.65 bits per heavy atom. The van der Waals surface area contributed by atoms with E-state index in [0.29, 0.717) is 17.0 Å². The van der Waals surface area contributed by atoms with Gasteiger partial charge in [-0.2, -0.15) is 0 Å². The molecule has 0 bridgehead atoms. The molecule has 12 heteroatoms. The lowest BCUT2D eigenvalue weighted by atomic mass is 10.1. The highest BCUT2D eigenvalue weighted by Crippen LogP contribution is 2.25. The van der Waals surface area contributed by atoms with Gasteiger partial charge in [0.05, 0.1) is 28.5 Å². The number of hydrogen-bond acceptors (Lipinski definition) is 7. The number of amides is 1. The van der Waals surface area contributed by atoms with Crippen molar-refractivity contribution in [1.82, 2.24) is 14.9 Å². The van der Waals surface area contributed by atoms with Gasteiger partial charge in [-0.3, -0.25) is 4.79 Å². The zero-order chi connectivity index (χ0) is 22.8. The van der Waals surface area contributed by atoms with Gasteiger partial charge in [0, 0.05) is 17.6 Å². The summed E-state index contributed by atoms with van der Waals surface area (Å²) in [4.78, 5) is 22.5. The molecular weight excluding hydrogens is 485 g/mol. The molecule has 1 aromatic carbocycles. The van der Waals surface area contributed by atoms with Crippen LogP contribution >= 0.6 is 23.2 Å². The Morgan fingerprint density at radius 1 is 1.29 bits per heavy atom. The molecule has 2 heterocycles. The van der Waals surface area contributed by atoms with Crippen molar-refractivity contribution < 1.29 is 21.6 Å². The maximum absolute atomic E-state index is 13.4. The number of aromatic nitrogens is 2. The van der Waals surface area contributed by atoms with Gasteiger partial charge in [0.2, 0.25) is 15.0 Å². The fourth-order valence-electron chi connectivity index (χ4n) is 3.37. The van der Waals surface area contributed by atoms with E-state index in [1.165, 1.54) is 4.90 Å². The second-order valence-electron chi connectivity index (χ2n) is 7.29. The lowest BCUT2D eigenvalue weighted by molar-refractivity contribution is 0.0674. The summed E-state index contributed by atoms with van der Waals surface area (Å²) >= 11 is 12.2. The number of hydrogen-bond donors (Lipinski definition) is 0. The number of benzene rings is 1. The molecule has 31 heavy (non-hydrogen) atoms. The van der Waals surface area contributed by atoms with Gasteiger partial charge in [-0.15, -0.1) is 0 Å². The summed E-state index contributed by atoms with van der Waals surface area (Å²) in [5.74, 6) is -1.06. The highest BCUT2D eigenvalue weighted by Gasteiger charge is 2.36. The summed E-state index contributed by atoms with van der Waals surface area (Å²) in [5, 5.41) is -0.127. The van der Waals surface area contributed by atoms with E-state index in [9.17, 15) is 21.6 Å². The first-order chi connectivity index (χ1) is 14.5. The van der Waals surface area contributed by atoms with Crippen LogP contribution in [0.5, 0.6) is 0 Å². The predicted molar refractivity (Wildman–Crippen MR) is 118 cm³/mol. The molecule has 2 aromatic rings. The summed E-state index contributed by atoms with van der Waals surface area (Å²) in [6.45, 7) is 1.77. The molecule has 0 radical (unpaired) electrons. The standard InChI is InChI=1S/C19H21Cl2N3O5S2/c1-2-7-31(28,29)19-22-10-16(21)17(23-19)18(25)24(15-6-8-30(26,27)12-15)11-13-4-3-5-14(20)9-13/h3-5,9-10,15H,2,6-8,11-12H2,1H3. The molecule has 1 aliphatic heterocycles. The van der Waals surface area contributed by atoms with E-state index >= 15 is 0 Å². The Labute approximate surface area is 191 Å². The summed E-state index contributed by atoms with van der Waals surface area (Å²) in [6, 6.07) is 6.24. The van der Waals surface area contributed by atoms with Gasteiger partial charge in [0.25, 0.3) is 5.91 Å². The zero-order valence-electron chi connectivity index (χ0n) is 16.7. The van der Waals surface area contributed by atoms with Crippen LogP contribution in [0.4, 0.5) is 0 Å². The molecule has 3 rings (SSSR count). The molecule has 8 nitrogen and oxygen atoms in total. The maximum atomic E-state index is 13.4. The fraction of sp³-hybridized carbons (Fsp3) is 0.421. The summed E-state index contributed by atoms with van der Waals surface area (Å²) < 4.78 is 48.8. The monoisotopic (exact) mass is 505 g/mol. The van der Waals surface area contributed by atoms with Crippen LogP contribution in [0.1, 0.15) is 35.8 Å². The Hall–Kier alpha value is -1.75. The van der Waals surface area contributed by atoms with Gasteiger partial charge in [-0.1, -0.05) is 42.3 Å². The molecule has 0 saturated carbocycles. The first-order valence-electron chi connectivity index (χ1n) is 9.53. The molecule has 0 spiro atoms. The fourth-order valence-corrected chi connectivity index (χ4v) is 6.65. The van der Waals surface area contributed by atoms with E-state index in [0.717, 1.165) is 6.20 Å². The molecule has 1 saturated heterocycles. The number of rotatable bonds is 7. The second-order valence-corrected chi connectivity index (χ2v) is 12.4. The topological polar surface area (TPSA) is 114 Å². The van der Waals surface area contributed by atoms with Crippen molar-refractivity contribution in [3.8, 4) is 0 Å². The van der Waals surface area contributed by atoms with Gasteiger partial charge in [-0.25, -0.2) is 26.8 Å². The van der Waals surface area contributed by atoms with Crippen molar-refractivity contribution in [3.63, 3.8) is 0 Å². The van der Waals surface area contributed by atoms with Crippen molar-refractivity contribution in [2.45, 2.75) is 37.5 Å². The summed E-state index contributed by atoms with van der Waals surface area (Å²) in [7, 11) is -7.06. The molecular formula is C19H21Cl2N3O5S2. The van der Waals surface area contributed by atoms with Gasteiger partial charge in [0.1, 0.15) is 0 Å². The number of sulfone groups is 2. The third kappa shape index (κ3) is 5.74. The first kappa shape index (κ1) is 23.9. The molecule has 1 amide bonds. The number of carbonyl (C=O) groups excluding carboxylic acids is 1. The molecule has 1 aliphatic rings. The highest BCUT2D eigenvalue weighted by molar-refractivity contribution is 7.91. The van der Waals surface area contributed by atoms with Crippen molar-refractivity contribution in [2.24, 2.45) is 0 Å². The molecule has 0 N–H and O–H groups in total. The van der Waals surface area contributed by atoms with E-state index < -0.39 is 36.8 Å². The minimum Gasteiger partial charge on any atom is -0.329 e. The molecule has 1 fully saturated rings. The van der Waals surface area contributed by atoms with E-state index in [1.54, 1.807) is 31.2 Å². The Kier molecular flexibility index (Phi) is 7.25. The van der Waals surface area contributed by atoms with Gasteiger partial charge in [0.15, 0.2) is 15.5 Å². The van der Waals surface area contributed by atoms with Crippen molar-refractivity contribution in [1.29, 1.82) is 0 Å². The Bertz CT molecular complexity index is 1200. The Balaban J connectivity index is 2.02. The second kappa shape index (κ2) is 9.40. The lowest BCUT2D eigenvalue weighted by Gasteiger charge is -2.28. The van der Waals surface area contributed by atoms with Gasteiger partial charge < -0.3 is 4.90 Å². The van der Waals surface area contributed by atoms with Crippen molar-refractivity contribution in [3.05, 3.63) is 51.8 Å². The van der Waals surface area contributed by atoms with Crippen LogP contribution < -0.4 is 0 Å². The van der Waals surface area contributed by atoms with Crippen molar-refractivity contribution in [2.75, 3.05) is 17.3 Å². The van der Waals surface area contributed by atoms with E-state index in [4.69, 9.17) is 23.2 Å². The van der Waals surface area contributed by atoms with Crippen LogP contribution in [0.2, 0.25) is 10.0 Å². The van der Waals surface area contributed by atoms with Crippen LogP contribution in [0, 0.1) is 0 Å². The minimum absolute atomic E-state index is 0.0371. The average Bonchev–Trinajstić information content (AvgIpc) is 3.05. The van der Waals surface area contributed by atoms with Crippen LogP contribution in [-0.2, 0) is 26.2 Å². The summed E-state index contributed by atoms with van der Waals surface area (Å²) in [5.41, 5.74) is 0.409. The largest absolute Gasteiger partial charge is 0.329 e. The molecule has 168 valence electrons. The van der Waals surface area contributed by atoms with Crippen LogP contribution in [0.3, 0.4) is 0 Å². The van der Waals surface area contributed by atoms with Crippen LogP contribution in [0.15, 0.2) is 35.6 Å². The third-order valence-corrected chi connectivity index (χ3v) is 8.79. The molecule has 0 aliphatic carbocycles. The van der Waals surface area contributed by atoms with E-state index in [-0.39, 0.29) is 40.9 Å². The van der Waals surface area contributed by atoms with Gasteiger partial charge >= 0.3 is 0 Å². The van der Waals surface area contributed by atoms with Crippen molar-refractivity contribution >= 4 is 48.8 Å². The highest BCUT2D eigenvalue weighted by atomic mass is 35.5. The van der Waals surface area contributed by atoms with Crippen LogP contribution in [0.25, 0.3) is 0 Å². The molecule has 1 unspecified atom stereocenters. The third-order valence-electron chi connectivity index (χ3n) is 4.83. The number of halogens is 2. The number of nitrogens with zero attached hydrogens (tertiary/aromatic N) is 3. The molecule has 1 aromatic heterocycles. The quantitative estimate of drug-likeness (QED) is 0.531. The normalized spacial score (nSPS) is 18.1. The van der Waals surface area contributed by atoms with E-state index in [2.05, 4.69) is 9.97 Å². The predicted octanol–water partition coefficient (Wildman–Crippen LogP) is 2.80. The van der Waals surface area contributed by atoms with E-state index in [1.807, 2.05) is 0 Å². The number of carbonyl (C=O) groups is 1. The maximum Gasteiger partial charge on any atom is 0.274 e. The van der Waals surface area contributed by atoms with Crippen LogP contribution in [-0.4, -0.2) is 60.9 Å². The average molecular weight is 506 g/mol. The zero-order valence-corrected chi connectivity index (χ0v) is 19.8. The SMILES string of the molecule is CCCS(=O)(=O)c1ncc(Cl)c(C(=O)N(Cc2cccc(Cl)c2)C2CCS(=O)(=O)C2)n1. The first-order valence-corrected chi connectivity index (χ1v) is 13.8. The Morgan fingerprint density at radius 2 is 2.03 bits per heavy atom. The summed E-state index contributed by atoms with van der Waals surface area (Å²) in [6.07, 6.45) is 1.70.